The second-order valence-electron chi connectivity index (χ2n) is 3.74. The number of aliphatic carboxylic acids is 1. The van der Waals surface area contributed by atoms with Crippen molar-refractivity contribution in [1.82, 2.24) is 4.57 Å². The van der Waals surface area contributed by atoms with Crippen LogP contribution in [0.1, 0.15) is 19.5 Å². The van der Waals surface area contributed by atoms with Gasteiger partial charge in [0, 0.05) is 18.8 Å². The molecule has 1 N–H and O–H groups in total. The van der Waals surface area contributed by atoms with Gasteiger partial charge >= 0.3 is 5.97 Å². The van der Waals surface area contributed by atoms with E-state index in [-0.39, 0.29) is 5.56 Å². The van der Waals surface area contributed by atoms with Gasteiger partial charge in [-0.1, -0.05) is 6.07 Å². The number of nitrogens with zero attached hydrogens (tertiary/aromatic N) is 1. The summed E-state index contributed by atoms with van der Waals surface area (Å²) in [4.78, 5) is 22.2. The van der Waals surface area contributed by atoms with Crippen molar-refractivity contribution in [3.05, 3.63) is 34.2 Å². The van der Waals surface area contributed by atoms with Crippen LogP contribution in [0.25, 0.3) is 0 Å². The standard InChI is InChI=1S/C10H13NO3/c1-10(2,9(13)14)7-5-4-6-8(12)11(7)3/h4-6H,1-3H3,(H,13,14). The van der Waals surface area contributed by atoms with Crippen LogP contribution in [0.4, 0.5) is 0 Å². The molecule has 0 saturated heterocycles. The maximum absolute atomic E-state index is 11.3. The third kappa shape index (κ3) is 1.55. The zero-order valence-electron chi connectivity index (χ0n) is 8.44. The van der Waals surface area contributed by atoms with Crippen molar-refractivity contribution < 1.29 is 9.90 Å². The lowest BCUT2D eigenvalue weighted by molar-refractivity contribution is -0.142. The molecule has 1 heterocycles. The molecule has 0 saturated carbocycles. The lowest BCUT2D eigenvalue weighted by atomic mass is 9.89. The average Bonchev–Trinajstić information content (AvgIpc) is 2.09. The van der Waals surface area contributed by atoms with Gasteiger partial charge in [-0.15, -0.1) is 0 Å². The second kappa shape index (κ2) is 3.29. The number of hydrogen-bond donors (Lipinski definition) is 1. The first-order valence-electron chi connectivity index (χ1n) is 4.27. The van der Waals surface area contributed by atoms with Gasteiger partial charge < -0.3 is 9.67 Å². The van der Waals surface area contributed by atoms with E-state index in [9.17, 15) is 9.59 Å². The minimum atomic E-state index is -1.05. The first-order chi connectivity index (χ1) is 6.37. The highest BCUT2D eigenvalue weighted by Gasteiger charge is 2.31. The van der Waals surface area contributed by atoms with E-state index < -0.39 is 11.4 Å². The summed E-state index contributed by atoms with van der Waals surface area (Å²) in [6.07, 6.45) is 0. The van der Waals surface area contributed by atoms with Gasteiger partial charge in [0.15, 0.2) is 0 Å². The summed E-state index contributed by atoms with van der Waals surface area (Å²) in [7, 11) is 1.57. The van der Waals surface area contributed by atoms with Crippen molar-refractivity contribution >= 4 is 5.97 Å². The minimum absolute atomic E-state index is 0.197. The van der Waals surface area contributed by atoms with Crippen molar-refractivity contribution in [3.8, 4) is 0 Å². The van der Waals surface area contributed by atoms with Crippen LogP contribution < -0.4 is 5.56 Å². The molecule has 4 heteroatoms. The van der Waals surface area contributed by atoms with E-state index >= 15 is 0 Å². The Labute approximate surface area is 81.8 Å². The van der Waals surface area contributed by atoms with Crippen molar-refractivity contribution in [1.29, 1.82) is 0 Å². The summed E-state index contributed by atoms with van der Waals surface area (Å²) < 4.78 is 1.36. The van der Waals surface area contributed by atoms with E-state index in [1.54, 1.807) is 33.0 Å². The van der Waals surface area contributed by atoms with Crippen LogP contribution in [0.3, 0.4) is 0 Å². The van der Waals surface area contributed by atoms with Crippen LogP contribution in [-0.2, 0) is 17.3 Å². The van der Waals surface area contributed by atoms with Gasteiger partial charge in [-0.2, -0.15) is 0 Å². The Morgan fingerprint density at radius 3 is 2.50 bits per heavy atom. The van der Waals surface area contributed by atoms with E-state index in [1.165, 1.54) is 10.6 Å². The van der Waals surface area contributed by atoms with Crippen LogP contribution in [-0.4, -0.2) is 15.6 Å². The molecule has 1 aromatic rings. The fraction of sp³-hybridized carbons (Fsp3) is 0.400. The maximum Gasteiger partial charge on any atom is 0.315 e. The molecule has 76 valence electrons. The number of carbonyl (C=O) groups is 1. The van der Waals surface area contributed by atoms with E-state index in [0.29, 0.717) is 5.69 Å². The highest BCUT2D eigenvalue weighted by molar-refractivity contribution is 5.79. The highest BCUT2D eigenvalue weighted by atomic mass is 16.4. The van der Waals surface area contributed by atoms with E-state index in [1.807, 2.05) is 0 Å². The molecule has 4 nitrogen and oxygen atoms in total. The first kappa shape index (κ1) is 10.5. The Hall–Kier alpha value is -1.58. The molecule has 0 amide bonds. The molecule has 0 spiro atoms. The summed E-state index contributed by atoms with van der Waals surface area (Å²) in [5.74, 6) is -0.946. The highest BCUT2D eigenvalue weighted by Crippen LogP contribution is 2.21. The van der Waals surface area contributed by atoms with Crippen molar-refractivity contribution in [2.75, 3.05) is 0 Å². The zero-order valence-corrected chi connectivity index (χ0v) is 8.44. The zero-order chi connectivity index (χ0) is 10.9. The fourth-order valence-electron chi connectivity index (χ4n) is 1.30. The largest absolute Gasteiger partial charge is 0.481 e. The molecular weight excluding hydrogens is 182 g/mol. The minimum Gasteiger partial charge on any atom is -0.481 e. The van der Waals surface area contributed by atoms with E-state index in [0.717, 1.165) is 0 Å². The van der Waals surface area contributed by atoms with Crippen LogP contribution in [0.5, 0.6) is 0 Å². The number of hydrogen-bond acceptors (Lipinski definition) is 2. The number of carboxylic acids is 1. The predicted octanol–water partition coefficient (Wildman–Crippen LogP) is 0.748. The monoisotopic (exact) mass is 195 g/mol. The van der Waals surface area contributed by atoms with Crippen LogP contribution in [0, 0.1) is 0 Å². The maximum atomic E-state index is 11.3. The number of carboxylic acid groups (broad SMARTS) is 1. The molecule has 0 aliphatic carbocycles. The van der Waals surface area contributed by atoms with Crippen LogP contribution in [0.2, 0.25) is 0 Å². The molecule has 0 fully saturated rings. The summed E-state index contributed by atoms with van der Waals surface area (Å²) in [5, 5.41) is 8.99. The quantitative estimate of drug-likeness (QED) is 0.757. The molecular formula is C10H13NO3. The summed E-state index contributed by atoms with van der Waals surface area (Å²) in [6, 6.07) is 4.62. The predicted molar refractivity (Wildman–Crippen MR) is 52.3 cm³/mol. The molecule has 0 aromatic carbocycles. The third-order valence-electron chi connectivity index (χ3n) is 2.36. The Kier molecular flexibility index (Phi) is 2.47. The van der Waals surface area contributed by atoms with Gasteiger partial charge in [-0.25, -0.2) is 0 Å². The first-order valence-corrected chi connectivity index (χ1v) is 4.27. The van der Waals surface area contributed by atoms with Crippen LogP contribution in [0.15, 0.2) is 23.0 Å². The topological polar surface area (TPSA) is 59.3 Å². The molecule has 14 heavy (non-hydrogen) atoms. The molecule has 0 unspecified atom stereocenters. The van der Waals surface area contributed by atoms with E-state index in [4.69, 9.17) is 5.11 Å². The van der Waals surface area contributed by atoms with Crippen molar-refractivity contribution in [3.63, 3.8) is 0 Å². The summed E-state index contributed by atoms with van der Waals surface area (Å²) >= 11 is 0. The normalized spacial score (nSPS) is 11.4. The average molecular weight is 195 g/mol. The van der Waals surface area contributed by atoms with Gasteiger partial charge in [0.25, 0.3) is 0 Å². The molecule has 0 atom stereocenters. The van der Waals surface area contributed by atoms with Gasteiger partial charge in [-0.3, -0.25) is 9.59 Å². The summed E-state index contributed by atoms with van der Waals surface area (Å²) in [5.41, 5.74) is -0.746. The van der Waals surface area contributed by atoms with Crippen molar-refractivity contribution in [2.45, 2.75) is 19.3 Å². The lowest BCUT2D eigenvalue weighted by Crippen LogP contribution is -2.35. The third-order valence-corrected chi connectivity index (χ3v) is 2.36. The van der Waals surface area contributed by atoms with Gasteiger partial charge in [0.2, 0.25) is 5.56 Å². The molecule has 1 aromatic heterocycles. The Morgan fingerprint density at radius 1 is 1.43 bits per heavy atom. The van der Waals surface area contributed by atoms with Crippen LogP contribution >= 0.6 is 0 Å². The molecule has 0 bridgehead atoms. The number of rotatable bonds is 2. The number of pyridine rings is 1. The lowest BCUT2D eigenvalue weighted by Gasteiger charge is -2.21. The van der Waals surface area contributed by atoms with Crippen molar-refractivity contribution in [2.24, 2.45) is 7.05 Å². The fourth-order valence-corrected chi connectivity index (χ4v) is 1.30. The Bertz CT molecular complexity index is 418. The Balaban J connectivity index is 3.40. The van der Waals surface area contributed by atoms with Gasteiger partial charge in [0.05, 0.1) is 0 Å². The summed E-state index contributed by atoms with van der Waals surface area (Å²) in [6.45, 7) is 3.15. The molecule has 0 radical (unpaired) electrons. The second-order valence-corrected chi connectivity index (χ2v) is 3.74. The Morgan fingerprint density at radius 2 is 2.00 bits per heavy atom. The number of aromatic nitrogens is 1. The SMILES string of the molecule is Cn1c(C(C)(C)C(=O)O)cccc1=O. The van der Waals surface area contributed by atoms with E-state index in [2.05, 4.69) is 0 Å². The molecule has 0 aliphatic heterocycles. The molecule has 1 rings (SSSR count). The molecule has 0 aliphatic rings. The smallest absolute Gasteiger partial charge is 0.315 e. The van der Waals surface area contributed by atoms with Gasteiger partial charge in [-0.05, 0) is 19.9 Å². The van der Waals surface area contributed by atoms with Gasteiger partial charge in [0.1, 0.15) is 5.41 Å².